The third-order valence-corrected chi connectivity index (χ3v) is 5.74. The van der Waals surface area contributed by atoms with Crippen LogP contribution in [-0.2, 0) is 9.53 Å². The number of amides is 2. The summed E-state index contributed by atoms with van der Waals surface area (Å²) in [5.41, 5.74) is -1.05. The first-order valence-electron chi connectivity index (χ1n) is 7.38. The molecule has 1 saturated carbocycles. The van der Waals surface area contributed by atoms with Crippen molar-refractivity contribution in [1.29, 1.82) is 0 Å². The van der Waals surface area contributed by atoms with Gasteiger partial charge in [0.2, 0.25) is 0 Å². The lowest BCUT2D eigenvalue weighted by Gasteiger charge is -2.32. The van der Waals surface area contributed by atoms with Crippen molar-refractivity contribution in [2.75, 3.05) is 19.5 Å². The highest BCUT2D eigenvalue weighted by Crippen LogP contribution is 2.29. The third kappa shape index (κ3) is 3.63. The van der Waals surface area contributed by atoms with Crippen molar-refractivity contribution in [2.24, 2.45) is 5.41 Å². The Balaban J connectivity index is 1.90. The molecule has 120 valence electrons. The predicted octanol–water partition coefficient (Wildman–Crippen LogP) is 1.45. The number of carboxylic acids is 1. The zero-order valence-corrected chi connectivity index (χ0v) is 13.4. The van der Waals surface area contributed by atoms with Crippen LogP contribution >= 0.6 is 11.8 Å². The summed E-state index contributed by atoms with van der Waals surface area (Å²) in [7, 11) is 0. The van der Waals surface area contributed by atoms with Crippen molar-refractivity contribution in [1.82, 2.24) is 10.6 Å². The van der Waals surface area contributed by atoms with E-state index >= 15 is 0 Å². The second-order valence-electron chi connectivity index (χ2n) is 6.07. The first-order chi connectivity index (χ1) is 9.97. The van der Waals surface area contributed by atoms with Gasteiger partial charge < -0.3 is 20.5 Å². The lowest BCUT2D eigenvalue weighted by molar-refractivity contribution is -0.148. The van der Waals surface area contributed by atoms with Crippen LogP contribution in [0, 0.1) is 5.41 Å². The van der Waals surface area contributed by atoms with Gasteiger partial charge in [-0.2, -0.15) is 11.8 Å². The maximum absolute atomic E-state index is 12.2. The average molecular weight is 316 g/mol. The summed E-state index contributed by atoms with van der Waals surface area (Å²) in [6.45, 7) is 1.98. The van der Waals surface area contributed by atoms with E-state index in [2.05, 4.69) is 16.9 Å². The number of hydrogen-bond acceptors (Lipinski definition) is 4. The topological polar surface area (TPSA) is 87.7 Å². The quantitative estimate of drug-likeness (QED) is 0.730. The lowest BCUT2D eigenvalue weighted by atomic mass is 9.85. The molecule has 7 heteroatoms. The van der Waals surface area contributed by atoms with Crippen LogP contribution in [0.4, 0.5) is 4.79 Å². The number of hydrogen-bond donors (Lipinski definition) is 3. The maximum atomic E-state index is 12.2. The molecule has 2 fully saturated rings. The Morgan fingerprint density at radius 1 is 1.29 bits per heavy atom. The summed E-state index contributed by atoms with van der Waals surface area (Å²) in [5, 5.41) is 15.5. The van der Waals surface area contributed by atoms with Crippen molar-refractivity contribution in [3.8, 4) is 0 Å². The molecule has 0 aromatic heterocycles. The molecule has 0 bridgehead atoms. The van der Waals surface area contributed by atoms with Gasteiger partial charge in [0.1, 0.15) is 5.41 Å². The van der Waals surface area contributed by atoms with Gasteiger partial charge in [0.05, 0.1) is 19.3 Å². The molecule has 3 N–H and O–H groups in total. The van der Waals surface area contributed by atoms with E-state index in [-0.39, 0.29) is 25.3 Å². The molecule has 0 aromatic carbocycles. The molecule has 0 radical (unpaired) electrons. The van der Waals surface area contributed by atoms with Crippen molar-refractivity contribution in [3.05, 3.63) is 0 Å². The fourth-order valence-corrected chi connectivity index (χ4v) is 3.93. The number of carboxylic acid groups (broad SMARTS) is 1. The third-order valence-electron chi connectivity index (χ3n) is 4.57. The minimum atomic E-state index is -1.05. The van der Waals surface area contributed by atoms with Gasteiger partial charge in [-0.25, -0.2) is 4.79 Å². The molecule has 2 aliphatic rings. The molecule has 6 nitrogen and oxygen atoms in total. The Morgan fingerprint density at radius 3 is 2.67 bits per heavy atom. The van der Waals surface area contributed by atoms with E-state index in [9.17, 15) is 14.7 Å². The van der Waals surface area contributed by atoms with Gasteiger partial charge in [-0.1, -0.05) is 12.8 Å². The summed E-state index contributed by atoms with van der Waals surface area (Å²) in [6, 6.07) is -0.623. The molecule has 1 aliphatic heterocycles. The fourth-order valence-electron chi connectivity index (χ4n) is 3.00. The Morgan fingerprint density at radius 2 is 2.00 bits per heavy atom. The molecule has 1 aliphatic carbocycles. The van der Waals surface area contributed by atoms with Gasteiger partial charge in [0.15, 0.2) is 0 Å². The lowest BCUT2D eigenvalue weighted by Crippen LogP contribution is -2.55. The monoisotopic (exact) mass is 316 g/mol. The largest absolute Gasteiger partial charge is 0.481 e. The van der Waals surface area contributed by atoms with Gasteiger partial charge in [-0.05, 0) is 26.0 Å². The van der Waals surface area contributed by atoms with Gasteiger partial charge >= 0.3 is 12.0 Å². The van der Waals surface area contributed by atoms with Crippen LogP contribution in [0.5, 0.6) is 0 Å². The van der Waals surface area contributed by atoms with Crippen LogP contribution in [0.25, 0.3) is 0 Å². The molecule has 1 saturated heterocycles. The minimum Gasteiger partial charge on any atom is -0.481 e. The summed E-state index contributed by atoms with van der Waals surface area (Å²) >= 11 is 1.78. The summed E-state index contributed by atoms with van der Waals surface area (Å²) < 4.78 is 5.24. The van der Waals surface area contributed by atoms with Gasteiger partial charge in [-0.3, -0.25) is 4.79 Å². The Labute approximate surface area is 129 Å². The van der Waals surface area contributed by atoms with Gasteiger partial charge in [0.25, 0.3) is 0 Å². The van der Waals surface area contributed by atoms with Gasteiger partial charge in [0, 0.05) is 11.3 Å². The predicted molar refractivity (Wildman–Crippen MR) is 81.6 cm³/mol. The number of nitrogens with one attached hydrogen (secondary N) is 2. The van der Waals surface area contributed by atoms with E-state index in [0.29, 0.717) is 5.25 Å². The number of urea groups is 1. The van der Waals surface area contributed by atoms with Crippen molar-refractivity contribution in [3.63, 3.8) is 0 Å². The first-order valence-corrected chi connectivity index (χ1v) is 8.67. The molecular weight excluding hydrogens is 292 g/mol. The van der Waals surface area contributed by atoms with E-state index in [1.807, 2.05) is 0 Å². The second-order valence-corrected chi connectivity index (χ2v) is 7.15. The molecule has 21 heavy (non-hydrogen) atoms. The van der Waals surface area contributed by atoms with Crippen molar-refractivity contribution >= 4 is 23.8 Å². The summed E-state index contributed by atoms with van der Waals surface area (Å²) in [6.07, 6.45) is 6.50. The molecule has 0 aromatic rings. The maximum Gasteiger partial charge on any atom is 0.315 e. The van der Waals surface area contributed by atoms with Crippen molar-refractivity contribution < 1.29 is 19.4 Å². The molecule has 2 rings (SSSR count). The summed E-state index contributed by atoms with van der Waals surface area (Å²) in [5.74, 6) is -0.940. The molecule has 2 amide bonds. The molecule has 0 spiro atoms. The number of aliphatic carboxylic acids is 1. The van der Waals surface area contributed by atoms with E-state index in [4.69, 9.17) is 4.74 Å². The SMILES string of the molecule is CSC1CCCCC1NC(=O)NC1COCC1(C)C(=O)O. The molecule has 4 unspecified atom stereocenters. The van der Waals surface area contributed by atoms with Crippen LogP contribution in [-0.4, -0.2) is 53.9 Å². The van der Waals surface area contributed by atoms with Crippen LogP contribution in [0.15, 0.2) is 0 Å². The molecular formula is C14H24N2O4S. The number of thioether (sulfide) groups is 1. The Hall–Kier alpha value is -0.950. The second kappa shape index (κ2) is 6.87. The van der Waals surface area contributed by atoms with E-state index in [1.165, 1.54) is 6.42 Å². The molecule has 4 atom stereocenters. The highest BCUT2D eigenvalue weighted by atomic mass is 32.2. The smallest absolute Gasteiger partial charge is 0.315 e. The first kappa shape index (κ1) is 16.4. The summed E-state index contributed by atoms with van der Waals surface area (Å²) in [4.78, 5) is 23.5. The van der Waals surface area contributed by atoms with Crippen LogP contribution in [0.1, 0.15) is 32.6 Å². The zero-order chi connectivity index (χ0) is 15.5. The Bertz CT molecular complexity index is 406. The van der Waals surface area contributed by atoms with Crippen LogP contribution in [0.3, 0.4) is 0 Å². The number of ether oxygens (including phenoxy) is 1. The van der Waals surface area contributed by atoms with Crippen molar-refractivity contribution in [2.45, 2.75) is 49.9 Å². The average Bonchev–Trinajstić information content (AvgIpc) is 2.82. The Kier molecular flexibility index (Phi) is 5.37. The van der Waals surface area contributed by atoms with E-state index in [0.717, 1.165) is 19.3 Å². The molecule has 1 heterocycles. The number of rotatable bonds is 4. The number of carbonyl (C=O) groups excluding carboxylic acids is 1. The van der Waals surface area contributed by atoms with E-state index in [1.54, 1.807) is 18.7 Å². The van der Waals surface area contributed by atoms with E-state index < -0.39 is 17.4 Å². The fraction of sp³-hybridized carbons (Fsp3) is 0.857. The number of carbonyl (C=O) groups is 2. The van der Waals surface area contributed by atoms with Crippen LogP contribution < -0.4 is 10.6 Å². The normalized spacial score (nSPS) is 36.2. The highest BCUT2D eigenvalue weighted by molar-refractivity contribution is 7.99. The minimum absolute atomic E-state index is 0.129. The standard InChI is InChI=1S/C14H24N2O4S/c1-14(12(17)18)8-20-7-11(14)16-13(19)15-9-5-3-4-6-10(9)21-2/h9-11H,3-8H2,1-2H3,(H,17,18)(H2,15,16,19). The zero-order valence-electron chi connectivity index (χ0n) is 12.6. The van der Waals surface area contributed by atoms with Crippen LogP contribution in [0.2, 0.25) is 0 Å². The highest BCUT2D eigenvalue weighted by Gasteiger charge is 2.47. The van der Waals surface area contributed by atoms with Gasteiger partial charge in [-0.15, -0.1) is 0 Å².